The van der Waals surface area contributed by atoms with Gasteiger partial charge < -0.3 is 9.84 Å². The molecular formula is C11H14ClN5O. The van der Waals surface area contributed by atoms with Gasteiger partial charge in [-0.25, -0.2) is 9.97 Å². The predicted octanol–water partition coefficient (Wildman–Crippen LogP) is 2.09. The molecule has 0 aromatic carbocycles. The van der Waals surface area contributed by atoms with Crippen molar-refractivity contribution in [3.63, 3.8) is 0 Å². The van der Waals surface area contributed by atoms with E-state index >= 15 is 0 Å². The van der Waals surface area contributed by atoms with Gasteiger partial charge in [-0.15, -0.1) is 0 Å². The summed E-state index contributed by atoms with van der Waals surface area (Å²) in [5, 5.41) is 7.20. The van der Waals surface area contributed by atoms with Crippen molar-refractivity contribution < 1.29 is 4.52 Å². The molecule has 2 aromatic rings. The Bertz CT molecular complexity index is 554. The van der Waals surface area contributed by atoms with Crippen LogP contribution in [0.4, 0.5) is 5.82 Å². The molecule has 18 heavy (non-hydrogen) atoms. The van der Waals surface area contributed by atoms with E-state index in [1.807, 2.05) is 13.8 Å². The first-order valence-corrected chi connectivity index (χ1v) is 5.98. The summed E-state index contributed by atoms with van der Waals surface area (Å²) in [5.74, 6) is 1.80. The average molecular weight is 268 g/mol. The Balaban J connectivity index is 1.96. The number of aryl methyl sites for hydroxylation is 3. The number of hydrogen-bond acceptors (Lipinski definition) is 6. The largest absolute Gasteiger partial charge is 0.367 e. The monoisotopic (exact) mass is 267 g/mol. The van der Waals surface area contributed by atoms with Crippen LogP contribution < -0.4 is 5.32 Å². The van der Waals surface area contributed by atoms with E-state index in [2.05, 4.69) is 25.4 Å². The van der Waals surface area contributed by atoms with E-state index in [9.17, 15) is 0 Å². The highest BCUT2D eigenvalue weighted by atomic mass is 35.5. The van der Waals surface area contributed by atoms with E-state index in [1.54, 1.807) is 6.92 Å². The quantitative estimate of drug-likeness (QED) is 0.914. The van der Waals surface area contributed by atoms with Gasteiger partial charge in [0.2, 0.25) is 5.89 Å². The van der Waals surface area contributed by atoms with E-state index in [0.29, 0.717) is 35.7 Å². The number of hydrogen-bond donors (Lipinski definition) is 1. The van der Waals surface area contributed by atoms with Crippen LogP contribution in [0.1, 0.15) is 23.1 Å². The van der Waals surface area contributed by atoms with Crippen LogP contribution in [0.5, 0.6) is 0 Å². The molecule has 0 aliphatic heterocycles. The van der Waals surface area contributed by atoms with Crippen molar-refractivity contribution in [1.29, 1.82) is 0 Å². The zero-order valence-corrected chi connectivity index (χ0v) is 11.2. The molecule has 96 valence electrons. The van der Waals surface area contributed by atoms with Crippen LogP contribution in [0.2, 0.25) is 5.15 Å². The van der Waals surface area contributed by atoms with Crippen LogP contribution >= 0.6 is 11.6 Å². The van der Waals surface area contributed by atoms with Gasteiger partial charge in [0.1, 0.15) is 0 Å². The summed E-state index contributed by atoms with van der Waals surface area (Å²) in [4.78, 5) is 12.6. The first-order chi connectivity index (χ1) is 8.56. The number of halogens is 1. The van der Waals surface area contributed by atoms with Crippen molar-refractivity contribution in [2.24, 2.45) is 0 Å². The van der Waals surface area contributed by atoms with Crippen LogP contribution in [0.3, 0.4) is 0 Å². The molecule has 0 aliphatic rings. The minimum absolute atomic E-state index is 0.375. The maximum Gasteiger partial charge on any atom is 0.228 e. The van der Waals surface area contributed by atoms with E-state index in [1.165, 1.54) is 0 Å². The molecule has 1 N–H and O–H groups in total. The number of rotatable bonds is 4. The molecule has 0 unspecified atom stereocenters. The smallest absolute Gasteiger partial charge is 0.228 e. The minimum Gasteiger partial charge on any atom is -0.367 e. The molecule has 0 saturated carbocycles. The number of nitrogens with one attached hydrogen (secondary N) is 1. The predicted molar refractivity (Wildman–Crippen MR) is 67.7 cm³/mol. The standard InChI is InChI=1S/C11H14ClN5O/c1-6-7(2)15-11(10(12)14-6)13-5-4-9-16-8(3)17-18-9/h4-5H2,1-3H3,(H,13,15). The third-order valence-electron chi connectivity index (χ3n) is 2.47. The second-order valence-electron chi connectivity index (χ2n) is 3.95. The third kappa shape index (κ3) is 2.95. The molecule has 0 radical (unpaired) electrons. The lowest BCUT2D eigenvalue weighted by atomic mass is 10.3. The van der Waals surface area contributed by atoms with Gasteiger partial charge in [0.25, 0.3) is 0 Å². The highest BCUT2D eigenvalue weighted by Crippen LogP contribution is 2.18. The molecule has 2 rings (SSSR count). The highest BCUT2D eigenvalue weighted by molar-refractivity contribution is 6.31. The lowest BCUT2D eigenvalue weighted by molar-refractivity contribution is 0.377. The Morgan fingerprint density at radius 1 is 1.11 bits per heavy atom. The van der Waals surface area contributed by atoms with Gasteiger partial charge in [-0.05, 0) is 20.8 Å². The molecule has 0 bridgehead atoms. The Morgan fingerprint density at radius 2 is 1.83 bits per heavy atom. The van der Waals surface area contributed by atoms with Crippen LogP contribution in [0.15, 0.2) is 4.52 Å². The normalized spacial score (nSPS) is 10.7. The lowest BCUT2D eigenvalue weighted by Gasteiger charge is -2.07. The Morgan fingerprint density at radius 3 is 2.50 bits per heavy atom. The summed E-state index contributed by atoms with van der Waals surface area (Å²) in [6, 6.07) is 0. The molecule has 0 atom stereocenters. The topological polar surface area (TPSA) is 76.7 Å². The van der Waals surface area contributed by atoms with Crippen LogP contribution in [0.25, 0.3) is 0 Å². The molecule has 0 aliphatic carbocycles. The van der Waals surface area contributed by atoms with Crippen molar-refractivity contribution in [2.75, 3.05) is 11.9 Å². The van der Waals surface area contributed by atoms with Gasteiger partial charge in [0, 0.05) is 13.0 Å². The van der Waals surface area contributed by atoms with E-state index < -0.39 is 0 Å². The highest BCUT2D eigenvalue weighted by Gasteiger charge is 2.07. The summed E-state index contributed by atoms with van der Waals surface area (Å²) in [6.45, 7) is 6.16. The fourth-order valence-electron chi connectivity index (χ4n) is 1.42. The van der Waals surface area contributed by atoms with Crippen LogP contribution in [-0.4, -0.2) is 26.7 Å². The zero-order valence-electron chi connectivity index (χ0n) is 10.5. The van der Waals surface area contributed by atoms with Gasteiger partial charge >= 0.3 is 0 Å². The second-order valence-corrected chi connectivity index (χ2v) is 4.30. The Kier molecular flexibility index (Phi) is 3.76. The second kappa shape index (κ2) is 5.30. The fraction of sp³-hybridized carbons (Fsp3) is 0.455. The van der Waals surface area contributed by atoms with Crippen LogP contribution in [-0.2, 0) is 6.42 Å². The first-order valence-electron chi connectivity index (χ1n) is 5.60. The number of nitrogens with zero attached hydrogens (tertiary/aromatic N) is 4. The molecule has 7 heteroatoms. The molecule has 0 fully saturated rings. The minimum atomic E-state index is 0.375. The summed E-state index contributed by atoms with van der Waals surface area (Å²) in [5.41, 5.74) is 1.69. The SMILES string of the molecule is Cc1noc(CCNc2nc(C)c(C)nc2Cl)n1. The molecule has 0 amide bonds. The molecule has 6 nitrogen and oxygen atoms in total. The molecule has 0 spiro atoms. The Labute approximate surface area is 110 Å². The van der Waals surface area contributed by atoms with Crippen molar-refractivity contribution in [2.45, 2.75) is 27.2 Å². The van der Waals surface area contributed by atoms with Gasteiger partial charge in [0.15, 0.2) is 16.8 Å². The van der Waals surface area contributed by atoms with E-state index in [0.717, 1.165) is 11.4 Å². The third-order valence-corrected chi connectivity index (χ3v) is 2.73. The maximum absolute atomic E-state index is 6.00. The zero-order chi connectivity index (χ0) is 13.1. The van der Waals surface area contributed by atoms with Crippen LogP contribution in [0, 0.1) is 20.8 Å². The number of anilines is 1. The van der Waals surface area contributed by atoms with Gasteiger partial charge in [0.05, 0.1) is 11.4 Å². The van der Waals surface area contributed by atoms with Crippen molar-refractivity contribution in [3.8, 4) is 0 Å². The van der Waals surface area contributed by atoms with Gasteiger partial charge in [-0.2, -0.15) is 4.98 Å². The van der Waals surface area contributed by atoms with Crippen molar-refractivity contribution >= 4 is 17.4 Å². The summed E-state index contributed by atoms with van der Waals surface area (Å²) >= 11 is 6.00. The lowest BCUT2D eigenvalue weighted by Crippen LogP contribution is -2.09. The maximum atomic E-state index is 6.00. The van der Waals surface area contributed by atoms with E-state index in [4.69, 9.17) is 16.1 Å². The van der Waals surface area contributed by atoms with Crippen molar-refractivity contribution in [1.82, 2.24) is 20.1 Å². The summed E-state index contributed by atoms with van der Waals surface area (Å²) in [6.07, 6.45) is 0.617. The average Bonchev–Trinajstić information content (AvgIpc) is 2.71. The van der Waals surface area contributed by atoms with E-state index in [-0.39, 0.29) is 0 Å². The Hall–Kier alpha value is -1.69. The molecule has 2 aromatic heterocycles. The first kappa shape index (κ1) is 12.8. The number of aromatic nitrogens is 4. The fourth-order valence-corrected chi connectivity index (χ4v) is 1.65. The summed E-state index contributed by atoms with van der Waals surface area (Å²) < 4.78 is 5.01. The van der Waals surface area contributed by atoms with Gasteiger partial charge in [-0.1, -0.05) is 16.8 Å². The van der Waals surface area contributed by atoms with Gasteiger partial charge in [-0.3, -0.25) is 0 Å². The summed E-state index contributed by atoms with van der Waals surface area (Å²) in [7, 11) is 0. The molecule has 2 heterocycles. The van der Waals surface area contributed by atoms with Crippen molar-refractivity contribution in [3.05, 3.63) is 28.3 Å². The molecule has 0 saturated heterocycles. The molecular weight excluding hydrogens is 254 g/mol.